The van der Waals surface area contributed by atoms with Crippen LogP contribution in [0.15, 0.2) is 29.6 Å². The number of hydrogen-bond donors (Lipinski definition) is 1. The molecule has 2 N–H and O–H groups in total. The van der Waals surface area contributed by atoms with Gasteiger partial charge in [0.05, 0.1) is 0 Å². The zero-order chi connectivity index (χ0) is 13.7. The van der Waals surface area contributed by atoms with Crippen LogP contribution < -0.4 is 5.73 Å². The molecule has 1 aromatic carbocycles. The first kappa shape index (κ1) is 12.5. The number of thiophene rings is 1. The summed E-state index contributed by atoms with van der Waals surface area (Å²) >= 11 is 1.73. The Morgan fingerprint density at radius 3 is 2.85 bits per heavy atom. The van der Waals surface area contributed by atoms with Crippen molar-refractivity contribution in [3.8, 4) is 0 Å². The van der Waals surface area contributed by atoms with Crippen LogP contribution in [-0.4, -0.2) is 11.8 Å². The number of benzene rings is 1. The van der Waals surface area contributed by atoms with E-state index in [1.807, 2.05) is 6.07 Å². The van der Waals surface area contributed by atoms with E-state index in [1.54, 1.807) is 11.3 Å². The molecule has 0 spiro atoms. The summed E-state index contributed by atoms with van der Waals surface area (Å²) in [5.74, 6) is 1.65. The summed E-state index contributed by atoms with van der Waals surface area (Å²) in [7, 11) is 0. The van der Waals surface area contributed by atoms with Gasteiger partial charge in [-0.05, 0) is 53.5 Å². The molecule has 2 nitrogen and oxygen atoms in total. The Bertz CT molecular complexity index is 660. The Balaban J connectivity index is 1.58. The SMILES string of the molecule is NC1C2CCC(C2)C1C(=O)Cc1csc2ccccc12. The quantitative estimate of drug-likeness (QED) is 0.939. The molecule has 104 valence electrons. The van der Waals surface area contributed by atoms with Gasteiger partial charge in [0.1, 0.15) is 5.78 Å². The molecular weight excluding hydrogens is 266 g/mol. The van der Waals surface area contributed by atoms with Gasteiger partial charge < -0.3 is 5.73 Å². The van der Waals surface area contributed by atoms with Crippen LogP contribution in [0.1, 0.15) is 24.8 Å². The molecular formula is C17H19NOS. The Morgan fingerprint density at radius 2 is 2.05 bits per heavy atom. The molecule has 3 heteroatoms. The fourth-order valence-electron chi connectivity index (χ4n) is 4.29. The topological polar surface area (TPSA) is 43.1 Å². The maximum Gasteiger partial charge on any atom is 0.142 e. The van der Waals surface area contributed by atoms with Crippen LogP contribution >= 0.6 is 11.3 Å². The van der Waals surface area contributed by atoms with E-state index in [1.165, 1.54) is 34.9 Å². The fourth-order valence-corrected chi connectivity index (χ4v) is 5.25. The predicted octanol–water partition coefficient (Wildman–Crippen LogP) is 3.39. The maximum absolute atomic E-state index is 12.7. The zero-order valence-electron chi connectivity index (χ0n) is 11.4. The largest absolute Gasteiger partial charge is 0.327 e. The van der Waals surface area contributed by atoms with Crippen molar-refractivity contribution in [1.29, 1.82) is 0 Å². The fraction of sp³-hybridized carbons (Fsp3) is 0.471. The van der Waals surface area contributed by atoms with Crippen molar-refractivity contribution in [2.24, 2.45) is 23.5 Å². The Morgan fingerprint density at radius 1 is 1.25 bits per heavy atom. The van der Waals surface area contributed by atoms with Crippen LogP contribution in [0.2, 0.25) is 0 Å². The average Bonchev–Trinajstić information content (AvgIpc) is 3.13. The van der Waals surface area contributed by atoms with Crippen molar-refractivity contribution in [1.82, 2.24) is 0 Å². The molecule has 0 amide bonds. The molecule has 4 atom stereocenters. The summed E-state index contributed by atoms with van der Waals surface area (Å²) in [6.07, 6.45) is 4.18. The molecule has 20 heavy (non-hydrogen) atoms. The first-order chi connectivity index (χ1) is 9.74. The smallest absolute Gasteiger partial charge is 0.142 e. The van der Waals surface area contributed by atoms with Gasteiger partial charge in [-0.1, -0.05) is 18.2 Å². The highest BCUT2D eigenvalue weighted by atomic mass is 32.1. The minimum absolute atomic E-state index is 0.117. The van der Waals surface area contributed by atoms with Crippen LogP contribution in [0.4, 0.5) is 0 Å². The first-order valence-electron chi connectivity index (χ1n) is 7.47. The van der Waals surface area contributed by atoms with Gasteiger partial charge in [-0.2, -0.15) is 0 Å². The second-order valence-corrected chi connectivity index (χ2v) is 7.25. The predicted molar refractivity (Wildman–Crippen MR) is 82.8 cm³/mol. The molecule has 0 aliphatic heterocycles. The molecule has 0 radical (unpaired) electrons. The van der Waals surface area contributed by atoms with E-state index in [4.69, 9.17) is 5.73 Å². The molecule has 0 saturated heterocycles. The molecule has 2 aliphatic rings. The third kappa shape index (κ3) is 1.84. The van der Waals surface area contributed by atoms with E-state index in [2.05, 4.69) is 23.6 Å². The van der Waals surface area contributed by atoms with Gasteiger partial charge in [-0.3, -0.25) is 4.79 Å². The van der Waals surface area contributed by atoms with Crippen molar-refractivity contribution in [2.75, 3.05) is 0 Å². The highest BCUT2D eigenvalue weighted by molar-refractivity contribution is 7.17. The van der Waals surface area contributed by atoms with Crippen molar-refractivity contribution in [3.63, 3.8) is 0 Å². The number of hydrogen-bond acceptors (Lipinski definition) is 3. The number of rotatable bonds is 3. The zero-order valence-corrected chi connectivity index (χ0v) is 12.2. The Labute approximate surface area is 123 Å². The number of ketones is 1. The number of carbonyl (C=O) groups is 1. The van der Waals surface area contributed by atoms with E-state index in [-0.39, 0.29) is 12.0 Å². The molecule has 2 aliphatic carbocycles. The lowest BCUT2D eigenvalue weighted by molar-refractivity contribution is -0.124. The van der Waals surface area contributed by atoms with E-state index in [0.29, 0.717) is 24.0 Å². The van der Waals surface area contributed by atoms with Crippen molar-refractivity contribution < 1.29 is 4.79 Å². The first-order valence-corrected chi connectivity index (χ1v) is 8.35. The minimum Gasteiger partial charge on any atom is -0.327 e. The number of Topliss-reactive ketones (excluding diaryl/α,β-unsaturated/α-hetero) is 1. The van der Waals surface area contributed by atoms with Gasteiger partial charge in [0.25, 0.3) is 0 Å². The summed E-state index contributed by atoms with van der Waals surface area (Å²) in [5.41, 5.74) is 7.47. The van der Waals surface area contributed by atoms with Crippen molar-refractivity contribution in [2.45, 2.75) is 31.7 Å². The summed E-state index contributed by atoms with van der Waals surface area (Å²) in [6, 6.07) is 8.46. The Kier molecular flexibility index (Phi) is 2.93. The number of carbonyl (C=O) groups excluding carboxylic acids is 1. The lowest BCUT2D eigenvalue weighted by atomic mass is 9.80. The van der Waals surface area contributed by atoms with Crippen LogP contribution in [-0.2, 0) is 11.2 Å². The number of fused-ring (bicyclic) bond motifs is 3. The normalized spacial score (nSPS) is 32.0. The summed E-state index contributed by atoms with van der Waals surface area (Å²) in [4.78, 5) is 12.7. The molecule has 4 rings (SSSR count). The van der Waals surface area contributed by atoms with Crippen LogP contribution in [0.25, 0.3) is 10.1 Å². The van der Waals surface area contributed by atoms with Gasteiger partial charge in [-0.25, -0.2) is 0 Å². The number of nitrogens with two attached hydrogens (primary N) is 1. The molecule has 1 heterocycles. The monoisotopic (exact) mass is 285 g/mol. The van der Waals surface area contributed by atoms with Gasteiger partial charge in [0.15, 0.2) is 0 Å². The second kappa shape index (κ2) is 4.68. The lowest BCUT2D eigenvalue weighted by Crippen LogP contribution is -2.40. The van der Waals surface area contributed by atoms with Gasteiger partial charge in [-0.15, -0.1) is 11.3 Å². The maximum atomic E-state index is 12.7. The minimum atomic E-state index is 0.117. The van der Waals surface area contributed by atoms with Gasteiger partial charge >= 0.3 is 0 Å². The third-order valence-electron chi connectivity index (χ3n) is 5.28. The summed E-state index contributed by atoms with van der Waals surface area (Å²) < 4.78 is 1.27. The van der Waals surface area contributed by atoms with E-state index >= 15 is 0 Å². The van der Waals surface area contributed by atoms with E-state index in [9.17, 15) is 4.79 Å². The second-order valence-electron chi connectivity index (χ2n) is 6.34. The molecule has 1 aromatic heterocycles. The highest BCUT2D eigenvalue weighted by Crippen LogP contribution is 2.48. The standard InChI is InChI=1S/C17H19NOS/c18-17-11-6-5-10(7-11)16(17)14(19)8-12-9-20-15-4-2-1-3-13(12)15/h1-4,9-11,16-17H,5-8,18H2. The average molecular weight is 285 g/mol. The van der Waals surface area contributed by atoms with Gasteiger partial charge in [0.2, 0.25) is 0 Å². The lowest BCUT2D eigenvalue weighted by Gasteiger charge is -2.26. The molecule has 2 aromatic rings. The van der Waals surface area contributed by atoms with Crippen molar-refractivity contribution >= 4 is 27.2 Å². The summed E-state index contributed by atoms with van der Waals surface area (Å²) in [5, 5.41) is 3.38. The van der Waals surface area contributed by atoms with Crippen molar-refractivity contribution in [3.05, 3.63) is 35.2 Å². The third-order valence-corrected chi connectivity index (χ3v) is 6.29. The Hall–Kier alpha value is -1.19. The summed E-state index contributed by atoms with van der Waals surface area (Å²) in [6.45, 7) is 0. The highest BCUT2D eigenvalue weighted by Gasteiger charge is 2.48. The molecule has 4 unspecified atom stereocenters. The van der Waals surface area contributed by atoms with Crippen LogP contribution in [0.5, 0.6) is 0 Å². The van der Waals surface area contributed by atoms with E-state index < -0.39 is 0 Å². The molecule has 2 saturated carbocycles. The van der Waals surface area contributed by atoms with Crippen LogP contribution in [0.3, 0.4) is 0 Å². The van der Waals surface area contributed by atoms with E-state index in [0.717, 1.165) is 0 Å². The van der Waals surface area contributed by atoms with Gasteiger partial charge in [0, 0.05) is 23.1 Å². The molecule has 2 bridgehead atoms. The van der Waals surface area contributed by atoms with Crippen LogP contribution in [0, 0.1) is 17.8 Å². The molecule has 2 fully saturated rings.